The lowest BCUT2D eigenvalue weighted by molar-refractivity contribution is 0.0728. The molecule has 156 valence electrons. The van der Waals surface area contributed by atoms with Crippen LogP contribution in [0.3, 0.4) is 0 Å². The first-order valence-electron chi connectivity index (χ1n) is 10.2. The van der Waals surface area contributed by atoms with Gasteiger partial charge in [-0.15, -0.1) is 0 Å². The van der Waals surface area contributed by atoms with Crippen molar-refractivity contribution in [3.8, 4) is 11.5 Å². The van der Waals surface area contributed by atoms with Crippen LogP contribution in [-0.4, -0.2) is 11.1 Å². The van der Waals surface area contributed by atoms with Crippen molar-refractivity contribution in [1.82, 2.24) is 0 Å². The van der Waals surface area contributed by atoms with E-state index < -0.39 is 11.8 Å². The highest BCUT2D eigenvalue weighted by Gasteiger charge is 2.15. The second-order valence-corrected chi connectivity index (χ2v) is 7.75. The fraction of sp³-hybridized carbons (Fsp3) is 0.148. The Kier molecular flexibility index (Phi) is 5.72. The van der Waals surface area contributed by atoms with Crippen LogP contribution in [0.5, 0.6) is 11.5 Å². The number of hydrogen-bond acceptors (Lipinski definition) is 3. The number of hydrogen-bond donors (Lipinski definition) is 1. The van der Waals surface area contributed by atoms with Crippen LogP contribution in [0.15, 0.2) is 72.8 Å². The predicted octanol–water partition coefficient (Wildman–Crippen LogP) is 6.31. The Morgan fingerprint density at radius 2 is 1.58 bits per heavy atom. The van der Waals surface area contributed by atoms with Gasteiger partial charge in [-0.2, -0.15) is 0 Å². The van der Waals surface area contributed by atoms with Gasteiger partial charge < -0.3 is 9.84 Å². The Morgan fingerprint density at radius 3 is 2.32 bits per heavy atom. The molecule has 4 aromatic rings. The standard InChI is InChI=1S/C27H23FO3/c1-17-13-19(14-18(2)26(17)29)11-12-21-16-22(15-20-7-3-4-8-23(20)21)27(30)31-25-10-6-5-9-24(25)28/h3-10,13-16,29H,11-12H2,1-2H3. The van der Waals surface area contributed by atoms with Crippen LogP contribution < -0.4 is 4.74 Å². The van der Waals surface area contributed by atoms with E-state index in [-0.39, 0.29) is 5.75 Å². The molecule has 4 aromatic carbocycles. The fourth-order valence-electron chi connectivity index (χ4n) is 3.87. The van der Waals surface area contributed by atoms with Crippen LogP contribution in [-0.2, 0) is 12.8 Å². The van der Waals surface area contributed by atoms with Crippen molar-refractivity contribution < 1.29 is 19.0 Å². The lowest BCUT2D eigenvalue weighted by atomic mass is 9.95. The summed E-state index contributed by atoms with van der Waals surface area (Å²) in [6.45, 7) is 3.78. The van der Waals surface area contributed by atoms with Crippen LogP contribution in [0.4, 0.5) is 4.39 Å². The van der Waals surface area contributed by atoms with Crippen molar-refractivity contribution in [3.63, 3.8) is 0 Å². The molecule has 3 nitrogen and oxygen atoms in total. The molecule has 0 aliphatic carbocycles. The van der Waals surface area contributed by atoms with Gasteiger partial charge in [0.25, 0.3) is 0 Å². The number of aryl methyl sites for hydroxylation is 4. The quantitative estimate of drug-likeness (QED) is 0.308. The van der Waals surface area contributed by atoms with Crippen molar-refractivity contribution in [1.29, 1.82) is 0 Å². The monoisotopic (exact) mass is 414 g/mol. The first-order chi connectivity index (χ1) is 14.9. The summed E-state index contributed by atoms with van der Waals surface area (Å²) in [6.07, 6.45) is 1.47. The zero-order valence-electron chi connectivity index (χ0n) is 17.5. The molecule has 0 heterocycles. The Hall–Kier alpha value is -3.66. The molecule has 31 heavy (non-hydrogen) atoms. The number of benzene rings is 4. The van der Waals surface area contributed by atoms with Gasteiger partial charge in [0, 0.05) is 0 Å². The van der Waals surface area contributed by atoms with Crippen LogP contribution in [0, 0.1) is 19.7 Å². The number of halogens is 1. The van der Waals surface area contributed by atoms with E-state index in [1.54, 1.807) is 18.2 Å². The lowest BCUT2D eigenvalue weighted by Gasteiger charge is -2.12. The molecule has 4 heteroatoms. The normalized spacial score (nSPS) is 10.9. The van der Waals surface area contributed by atoms with E-state index in [0.717, 1.165) is 39.4 Å². The zero-order valence-corrected chi connectivity index (χ0v) is 17.5. The lowest BCUT2D eigenvalue weighted by Crippen LogP contribution is -2.10. The van der Waals surface area contributed by atoms with E-state index in [0.29, 0.717) is 17.7 Å². The highest BCUT2D eigenvalue weighted by Crippen LogP contribution is 2.27. The molecule has 0 bridgehead atoms. The molecule has 0 atom stereocenters. The van der Waals surface area contributed by atoms with Gasteiger partial charge in [0.05, 0.1) is 5.56 Å². The summed E-state index contributed by atoms with van der Waals surface area (Å²) in [5, 5.41) is 12.0. The van der Waals surface area contributed by atoms with E-state index in [1.165, 1.54) is 12.1 Å². The number of aromatic hydroxyl groups is 1. The molecule has 0 aromatic heterocycles. The third kappa shape index (κ3) is 4.43. The van der Waals surface area contributed by atoms with Crippen LogP contribution in [0.1, 0.15) is 32.6 Å². The number of carbonyl (C=O) groups is 1. The van der Waals surface area contributed by atoms with Crippen molar-refractivity contribution in [2.45, 2.75) is 26.7 Å². The summed E-state index contributed by atoms with van der Waals surface area (Å²) in [7, 11) is 0. The van der Waals surface area contributed by atoms with Gasteiger partial charge in [-0.05, 0) is 84.0 Å². The molecule has 0 aliphatic heterocycles. The Morgan fingerprint density at radius 1 is 0.903 bits per heavy atom. The van der Waals surface area contributed by atoms with E-state index in [2.05, 4.69) is 0 Å². The SMILES string of the molecule is Cc1cc(CCc2cc(C(=O)Oc3ccccc3F)cc3ccccc23)cc(C)c1O. The summed E-state index contributed by atoms with van der Waals surface area (Å²) in [5.74, 6) is -0.923. The largest absolute Gasteiger partial charge is 0.507 e. The van der Waals surface area contributed by atoms with E-state index in [4.69, 9.17) is 4.74 Å². The molecular formula is C27H23FO3. The van der Waals surface area contributed by atoms with Gasteiger partial charge in [-0.3, -0.25) is 0 Å². The average Bonchev–Trinajstić information content (AvgIpc) is 2.77. The number of rotatable bonds is 5. The number of phenols is 1. The fourth-order valence-corrected chi connectivity index (χ4v) is 3.87. The molecule has 1 N–H and O–H groups in total. The number of para-hydroxylation sites is 1. The first kappa shape index (κ1) is 20.6. The topological polar surface area (TPSA) is 46.5 Å². The van der Waals surface area contributed by atoms with E-state index in [1.807, 2.05) is 56.3 Å². The minimum atomic E-state index is -0.589. The van der Waals surface area contributed by atoms with Gasteiger partial charge in [-0.25, -0.2) is 9.18 Å². The molecule has 0 spiro atoms. The molecule has 0 saturated heterocycles. The maximum Gasteiger partial charge on any atom is 0.343 e. The number of ether oxygens (including phenoxy) is 1. The molecular weight excluding hydrogens is 391 g/mol. The summed E-state index contributed by atoms with van der Waals surface area (Å²) in [6, 6.07) is 21.3. The molecule has 0 saturated carbocycles. The van der Waals surface area contributed by atoms with Crippen molar-refractivity contribution in [3.05, 3.63) is 106 Å². The van der Waals surface area contributed by atoms with Gasteiger partial charge in [-0.1, -0.05) is 48.5 Å². The molecule has 0 radical (unpaired) electrons. The summed E-state index contributed by atoms with van der Waals surface area (Å²) in [5.41, 5.74) is 4.22. The van der Waals surface area contributed by atoms with E-state index in [9.17, 15) is 14.3 Å². The molecule has 4 rings (SSSR count). The second-order valence-electron chi connectivity index (χ2n) is 7.75. The highest BCUT2D eigenvalue weighted by atomic mass is 19.1. The first-order valence-corrected chi connectivity index (χ1v) is 10.2. The van der Waals surface area contributed by atoms with Crippen LogP contribution >= 0.6 is 0 Å². The molecule has 0 unspecified atom stereocenters. The van der Waals surface area contributed by atoms with Gasteiger partial charge in [0.2, 0.25) is 0 Å². The summed E-state index contributed by atoms with van der Waals surface area (Å²) < 4.78 is 19.2. The molecule has 0 aliphatic rings. The minimum Gasteiger partial charge on any atom is -0.507 e. The smallest absolute Gasteiger partial charge is 0.343 e. The van der Waals surface area contributed by atoms with Crippen molar-refractivity contribution in [2.24, 2.45) is 0 Å². The van der Waals surface area contributed by atoms with Crippen molar-refractivity contribution >= 4 is 16.7 Å². The highest BCUT2D eigenvalue weighted by molar-refractivity contribution is 5.97. The third-order valence-corrected chi connectivity index (χ3v) is 5.46. The van der Waals surface area contributed by atoms with Crippen molar-refractivity contribution in [2.75, 3.05) is 0 Å². The number of esters is 1. The van der Waals surface area contributed by atoms with Gasteiger partial charge in [0.15, 0.2) is 11.6 Å². The van der Waals surface area contributed by atoms with Crippen LogP contribution in [0.25, 0.3) is 10.8 Å². The third-order valence-electron chi connectivity index (χ3n) is 5.46. The predicted molar refractivity (Wildman–Crippen MR) is 120 cm³/mol. The maximum absolute atomic E-state index is 13.9. The van der Waals surface area contributed by atoms with Crippen LogP contribution in [0.2, 0.25) is 0 Å². The Bertz CT molecular complexity index is 1250. The number of phenolic OH excluding ortho intramolecular Hbond substituents is 1. The zero-order chi connectivity index (χ0) is 22.0. The second kappa shape index (κ2) is 8.60. The van der Waals surface area contributed by atoms with E-state index >= 15 is 0 Å². The Labute approximate surface area is 180 Å². The Balaban J connectivity index is 1.65. The van der Waals surface area contributed by atoms with Gasteiger partial charge >= 0.3 is 5.97 Å². The molecule has 0 fully saturated rings. The molecule has 0 amide bonds. The minimum absolute atomic E-state index is 0.0859. The summed E-state index contributed by atoms with van der Waals surface area (Å²) >= 11 is 0. The van der Waals surface area contributed by atoms with Gasteiger partial charge in [0.1, 0.15) is 5.75 Å². The number of carbonyl (C=O) groups excluding carboxylic acids is 1. The number of fused-ring (bicyclic) bond motifs is 1. The maximum atomic E-state index is 13.9. The average molecular weight is 414 g/mol. The summed E-state index contributed by atoms with van der Waals surface area (Å²) in [4.78, 5) is 12.7.